The van der Waals surface area contributed by atoms with Crippen LogP contribution in [0.3, 0.4) is 0 Å². The fourth-order valence-corrected chi connectivity index (χ4v) is 1.91. The molecule has 0 aromatic heterocycles. The van der Waals surface area contributed by atoms with Crippen LogP contribution in [0.2, 0.25) is 0 Å². The lowest BCUT2D eigenvalue weighted by molar-refractivity contribution is 0.219. The number of aryl methyl sites for hydroxylation is 1. The summed E-state index contributed by atoms with van der Waals surface area (Å²) in [5.74, 6) is 1.68. The first-order valence-electron chi connectivity index (χ1n) is 5.55. The largest absolute Gasteiger partial charge is 0.490 e. The summed E-state index contributed by atoms with van der Waals surface area (Å²) in [6.45, 7) is 6.50. The quantitative estimate of drug-likeness (QED) is 0.774. The molecule has 0 heterocycles. The summed E-state index contributed by atoms with van der Waals surface area (Å²) < 4.78 is 19.1. The molecular formula is C13H19FOS. The number of halogens is 1. The molecule has 0 saturated carbocycles. The zero-order valence-electron chi connectivity index (χ0n) is 10.0. The highest BCUT2D eigenvalue weighted by Gasteiger charge is 2.14. The number of rotatable bonds is 5. The van der Waals surface area contributed by atoms with Crippen molar-refractivity contribution in [3.05, 3.63) is 29.6 Å². The smallest absolute Gasteiger partial charge is 0.167 e. The second kappa shape index (κ2) is 6.14. The van der Waals surface area contributed by atoms with Crippen LogP contribution < -0.4 is 4.74 Å². The summed E-state index contributed by atoms with van der Waals surface area (Å²) >= 11 is 4.27. The van der Waals surface area contributed by atoms with E-state index in [9.17, 15) is 4.39 Å². The predicted octanol–water partition coefficient (Wildman–Crippen LogP) is 3.71. The first kappa shape index (κ1) is 13.4. The summed E-state index contributed by atoms with van der Waals surface area (Å²) in [5.41, 5.74) is 0.615. The summed E-state index contributed by atoms with van der Waals surface area (Å²) in [5, 5.41) is 0. The second-order valence-corrected chi connectivity index (χ2v) is 4.75. The van der Waals surface area contributed by atoms with Gasteiger partial charge in [0.25, 0.3) is 0 Å². The molecule has 1 aromatic rings. The van der Waals surface area contributed by atoms with Gasteiger partial charge in [0, 0.05) is 5.92 Å². The molecule has 1 atom stereocenters. The number of thiol groups is 1. The molecule has 0 fully saturated rings. The molecule has 0 radical (unpaired) electrons. The van der Waals surface area contributed by atoms with Crippen LogP contribution in [0.5, 0.6) is 5.75 Å². The fraction of sp³-hybridized carbons (Fsp3) is 0.538. The van der Waals surface area contributed by atoms with Gasteiger partial charge in [0.15, 0.2) is 11.6 Å². The Bertz CT molecular complexity index is 339. The highest BCUT2D eigenvalue weighted by atomic mass is 32.1. The van der Waals surface area contributed by atoms with Crippen molar-refractivity contribution in [2.75, 3.05) is 12.4 Å². The van der Waals surface area contributed by atoms with Crippen LogP contribution in [0.15, 0.2) is 18.2 Å². The van der Waals surface area contributed by atoms with Gasteiger partial charge in [0.1, 0.15) is 0 Å². The van der Waals surface area contributed by atoms with Crippen LogP contribution in [0, 0.1) is 24.6 Å². The molecule has 90 valence electrons. The number of hydrogen-bond acceptors (Lipinski definition) is 2. The van der Waals surface area contributed by atoms with Crippen molar-refractivity contribution in [3.63, 3.8) is 0 Å². The molecule has 16 heavy (non-hydrogen) atoms. The van der Waals surface area contributed by atoms with E-state index in [0.717, 1.165) is 5.75 Å². The van der Waals surface area contributed by atoms with Gasteiger partial charge in [-0.1, -0.05) is 26.0 Å². The Kier molecular flexibility index (Phi) is 5.13. The highest BCUT2D eigenvalue weighted by Crippen LogP contribution is 2.21. The van der Waals surface area contributed by atoms with Crippen LogP contribution in [0.25, 0.3) is 0 Å². The zero-order valence-corrected chi connectivity index (χ0v) is 10.9. The number of hydrogen-bond donors (Lipinski definition) is 1. The minimum absolute atomic E-state index is 0.260. The molecule has 0 amide bonds. The van der Waals surface area contributed by atoms with E-state index in [2.05, 4.69) is 26.5 Å². The first-order valence-corrected chi connectivity index (χ1v) is 6.18. The second-order valence-electron chi connectivity index (χ2n) is 4.38. The van der Waals surface area contributed by atoms with Gasteiger partial charge >= 0.3 is 0 Å². The van der Waals surface area contributed by atoms with Gasteiger partial charge in [-0.15, -0.1) is 0 Å². The van der Waals surface area contributed by atoms with Crippen molar-refractivity contribution in [3.8, 4) is 5.75 Å². The average Bonchev–Trinajstić information content (AvgIpc) is 2.24. The van der Waals surface area contributed by atoms with Crippen LogP contribution >= 0.6 is 12.6 Å². The predicted molar refractivity (Wildman–Crippen MR) is 68.8 cm³/mol. The molecule has 0 N–H and O–H groups in total. The molecule has 0 aliphatic rings. The molecule has 3 heteroatoms. The molecule has 1 rings (SSSR count). The van der Waals surface area contributed by atoms with E-state index in [1.165, 1.54) is 0 Å². The summed E-state index contributed by atoms with van der Waals surface area (Å²) in [4.78, 5) is 0. The van der Waals surface area contributed by atoms with Gasteiger partial charge in [-0.25, -0.2) is 4.39 Å². The SMILES string of the molecule is Cc1cccc(OCC(CS)C(C)C)c1F. The Balaban J connectivity index is 2.64. The van der Waals surface area contributed by atoms with E-state index < -0.39 is 0 Å². The molecule has 0 aliphatic heterocycles. The Morgan fingerprint density at radius 3 is 2.62 bits per heavy atom. The van der Waals surface area contributed by atoms with Gasteiger partial charge in [0.2, 0.25) is 0 Å². The molecule has 0 saturated heterocycles. The van der Waals surface area contributed by atoms with Gasteiger partial charge in [-0.2, -0.15) is 12.6 Å². The molecule has 1 unspecified atom stereocenters. The Morgan fingerprint density at radius 1 is 1.38 bits per heavy atom. The molecule has 0 bridgehead atoms. The summed E-state index contributed by atoms with van der Waals surface area (Å²) in [6.07, 6.45) is 0. The molecule has 0 spiro atoms. The maximum absolute atomic E-state index is 13.6. The van der Waals surface area contributed by atoms with Gasteiger partial charge in [-0.3, -0.25) is 0 Å². The van der Waals surface area contributed by atoms with E-state index in [4.69, 9.17) is 4.74 Å². The minimum atomic E-state index is -0.260. The normalized spacial score (nSPS) is 12.9. The van der Waals surface area contributed by atoms with Crippen molar-refractivity contribution >= 4 is 12.6 Å². The maximum atomic E-state index is 13.6. The van der Waals surface area contributed by atoms with E-state index in [1.54, 1.807) is 25.1 Å². The topological polar surface area (TPSA) is 9.23 Å². The highest BCUT2D eigenvalue weighted by molar-refractivity contribution is 7.80. The fourth-order valence-electron chi connectivity index (χ4n) is 1.38. The lowest BCUT2D eigenvalue weighted by Gasteiger charge is -2.19. The van der Waals surface area contributed by atoms with Crippen LogP contribution in [-0.4, -0.2) is 12.4 Å². The van der Waals surface area contributed by atoms with Crippen molar-refractivity contribution in [1.82, 2.24) is 0 Å². The third kappa shape index (κ3) is 3.41. The van der Waals surface area contributed by atoms with Crippen molar-refractivity contribution in [1.29, 1.82) is 0 Å². The van der Waals surface area contributed by atoms with Crippen molar-refractivity contribution < 1.29 is 9.13 Å². The summed E-state index contributed by atoms with van der Waals surface area (Å²) in [7, 11) is 0. The first-order chi connectivity index (χ1) is 7.56. The average molecular weight is 242 g/mol. The summed E-state index contributed by atoms with van der Waals surface area (Å²) in [6, 6.07) is 5.21. The van der Waals surface area contributed by atoms with E-state index in [0.29, 0.717) is 29.8 Å². The lowest BCUT2D eigenvalue weighted by Crippen LogP contribution is -2.19. The number of ether oxygens (including phenoxy) is 1. The Hall–Kier alpha value is -0.700. The zero-order chi connectivity index (χ0) is 12.1. The van der Waals surface area contributed by atoms with E-state index >= 15 is 0 Å². The Morgan fingerprint density at radius 2 is 2.06 bits per heavy atom. The molecule has 1 aromatic carbocycles. The molecule has 1 nitrogen and oxygen atoms in total. The van der Waals surface area contributed by atoms with Crippen molar-refractivity contribution in [2.24, 2.45) is 11.8 Å². The third-order valence-corrected chi connectivity index (χ3v) is 3.26. The number of benzene rings is 1. The maximum Gasteiger partial charge on any atom is 0.167 e. The Labute approximate surface area is 102 Å². The molecular weight excluding hydrogens is 223 g/mol. The van der Waals surface area contributed by atoms with E-state index in [1.807, 2.05) is 0 Å². The van der Waals surface area contributed by atoms with Crippen LogP contribution in [0.4, 0.5) is 4.39 Å². The van der Waals surface area contributed by atoms with Crippen LogP contribution in [0.1, 0.15) is 19.4 Å². The van der Waals surface area contributed by atoms with Gasteiger partial charge < -0.3 is 4.74 Å². The van der Waals surface area contributed by atoms with Gasteiger partial charge in [-0.05, 0) is 30.2 Å². The lowest BCUT2D eigenvalue weighted by atomic mass is 9.99. The third-order valence-electron chi connectivity index (χ3n) is 2.79. The van der Waals surface area contributed by atoms with E-state index in [-0.39, 0.29) is 5.82 Å². The van der Waals surface area contributed by atoms with Gasteiger partial charge in [0.05, 0.1) is 6.61 Å². The minimum Gasteiger partial charge on any atom is -0.490 e. The standard InChI is InChI=1S/C13H19FOS/c1-9(2)11(8-16)7-15-12-6-4-5-10(3)13(12)14/h4-6,9,11,16H,7-8H2,1-3H3. The van der Waals surface area contributed by atoms with Crippen molar-refractivity contribution in [2.45, 2.75) is 20.8 Å². The molecule has 0 aliphatic carbocycles. The monoisotopic (exact) mass is 242 g/mol. The van der Waals surface area contributed by atoms with Crippen LogP contribution in [-0.2, 0) is 0 Å².